The number of thiazole rings is 1. The highest BCUT2D eigenvalue weighted by Crippen LogP contribution is 2.18. The number of hydrogen-bond donors (Lipinski definition) is 2. The molecule has 1 aromatic heterocycles. The van der Waals surface area contributed by atoms with Crippen LogP contribution in [0.3, 0.4) is 0 Å². The normalized spacial score (nSPS) is 17.9. The second-order valence-corrected chi connectivity index (χ2v) is 5.89. The van der Waals surface area contributed by atoms with Crippen molar-refractivity contribution in [3.8, 4) is 0 Å². The number of amides is 1. The van der Waals surface area contributed by atoms with Gasteiger partial charge in [0.15, 0.2) is 0 Å². The Morgan fingerprint density at radius 2 is 2.25 bits per heavy atom. The predicted octanol–water partition coefficient (Wildman–Crippen LogP) is 1.12. The Balaban J connectivity index is 1.74. The van der Waals surface area contributed by atoms with Crippen molar-refractivity contribution >= 4 is 23.2 Å². The lowest BCUT2D eigenvalue weighted by atomic mass is 9.97. The number of likely N-dealkylation sites (tertiary alicyclic amines) is 1. The molecular weight excluding hydrogens is 278 g/mol. The van der Waals surface area contributed by atoms with E-state index in [0.717, 1.165) is 5.01 Å². The quantitative estimate of drug-likeness (QED) is 0.851. The van der Waals surface area contributed by atoms with Crippen molar-refractivity contribution in [3.05, 3.63) is 16.6 Å². The summed E-state index contributed by atoms with van der Waals surface area (Å²) in [5.74, 6) is -1.04. The van der Waals surface area contributed by atoms with Crippen molar-refractivity contribution in [2.24, 2.45) is 5.92 Å². The summed E-state index contributed by atoms with van der Waals surface area (Å²) in [5, 5.41) is 14.9. The molecule has 110 valence electrons. The molecule has 2 N–H and O–H groups in total. The Hall–Kier alpha value is -1.47. The zero-order chi connectivity index (χ0) is 14.5. The number of aliphatic carboxylic acids is 1. The smallest absolute Gasteiger partial charge is 0.306 e. The molecule has 0 saturated carbocycles. The van der Waals surface area contributed by atoms with Gasteiger partial charge >= 0.3 is 5.97 Å². The van der Waals surface area contributed by atoms with E-state index in [-0.39, 0.29) is 24.4 Å². The second-order valence-electron chi connectivity index (χ2n) is 4.97. The van der Waals surface area contributed by atoms with Crippen LogP contribution in [0.25, 0.3) is 0 Å². The standard InChI is InChI=1S/C13H19N3O3S/c1-9(12-14-4-7-20-12)15-8-11(17)16-5-2-10(3-6-16)13(18)19/h4,7,9-10,15H,2-3,5-6,8H2,1H3,(H,18,19). The molecule has 20 heavy (non-hydrogen) atoms. The number of carboxylic acid groups (broad SMARTS) is 1. The summed E-state index contributed by atoms with van der Waals surface area (Å²) in [6, 6.07) is 0.0514. The average molecular weight is 297 g/mol. The average Bonchev–Trinajstić information content (AvgIpc) is 2.98. The molecule has 1 amide bonds. The highest BCUT2D eigenvalue weighted by molar-refractivity contribution is 7.09. The summed E-state index contributed by atoms with van der Waals surface area (Å²) in [6.07, 6.45) is 2.84. The molecule has 2 rings (SSSR count). The first-order valence-electron chi connectivity index (χ1n) is 6.71. The predicted molar refractivity (Wildman–Crippen MR) is 75.5 cm³/mol. The second kappa shape index (κ2) is 6.81. The van der Waals surface area contributed by atoms with E-state index in [1.54, 1.807) is 22.4 Å². The fourth-order valence-electron chi connectivity index (χ4n) is 2.26. The van der Waals surface area contributed by atoms with Crippen molar-refractivity contribution in [3.63, 3.8) is 0 Å². The Labute approximate surface area is 121 Å². The molecule has 1 aliphatic heterocycles. The van der Waals surface area contributed by atoms with E-state index in [0.29, 0.717) is 25.9 Å². The number of aromatic nitrogens is 1. The number of carbonyl (C=O) groups is 2. The minimum absolute atomic E-state index is 0.0252. The lowest BCUT2D eigenvalue weighted by molar-refractivity contribution is -0.145. The Morgan fingerprint density at radius 3 is 2.80 bits per heavy atom. The number of piperidine rings is 1. The zero-order valence-corrected chi connectivity index (χ0v) is 12.2. The fourth-order valence-corrected chi connectivity index (χ4v) is 2.93. The van der Waals surface area contributed by atoms with Crippen LogP contribution >= 0.6 is 11.3 Å². The monoisotopic (exact) mass is 297 g/mol. The van der Waals surface area contributed by atoms with Gasteiger partial charge in [0.25, 0.3) is 0 Å². The van der Waals surface area contributed by atoms with Crippen LogP contribution in [0, 0.1) is 5.92 Å². The maximum Gasteiger partial charge on any atom is 0.306 e. The molecule has 6 nitrogen and oxygen atoms in total. The third-order valence-corrected chi connectivity index (χ3v) is 4.54. The molecule has 1 saturated heterocycles. The van der Waals surface area contributed by atoms with Crippen LogP contribution in [-0.2, 0) is 9.59 Å². The van der Waals surface area contributed by atoms with Crippen LogP contribution in [0.4, 0.5) is 0 Å². The van der Waals surface area contributed by atoms with Crippen molar-refractivity contribution in [2.45, 2.75) is 25.8 Å². The Bertz CT molecular complexity index is 455. The molecule has 1 aromatic rings. The van der Waals surface area contributed by atoms with Gasteiger partial charge in [0.1, 0.15) is 5.01 Å². The van der Waals surface area contributed by atoms with Gasteiger partial charge in [-0.3, -0.25) is 14.9 Å². The van der Waals surface area contributed by atoms with Gasteiger partial charge in [0, 0.05) is 24.7 Å². The number of carboxylic acids is 1. The minimum atomic E-state index is -0.757. The zero-order valence-electron chi connectivity index (χ0n) is 11.4. The summed E-state index contributed by atoms with van der Waals surface area (Å²) >= 11 is 1.56. The third kappa shape index (κ3) is 3.77. The Kier molecular flexibility index (Phi) is 5.08. The number of carbonyl (C=O) groups excluding carboxylic acids is 1. The van der Waals surface area contributed by atoms with Crippen LogP contribution in [-0.4, -0.2) is 46.5 Å². The van der Waals surface area contributed by atoms with Gasteiger partial charge in [0.05, 0.1) is 18.5 Å². The number of nitrogens with zero attached hydrogens (tertiary/aromatic N) is 2. The maximum atomic E-state index is 12.0. The molecule has 7 heteroatoms. The van der Waals surface area contributed by atoms with Crippen LogP contribution in [0.1, 0.15) is 30.8 Å². The first-order chi connectivity index (χ1) is 9.58. The lowest BCUT2D eigenvalue weighted by Crippen LogP contribution is -2.44. The molecule has 0 spiro atoms. The first-order valence-corrected chi connectivity index (χ1v) is 7.59. The number of hydrogen-bond acceptors (Lipinski definition) is 5. The fraction of sp³-hybridized carbons (Fsp3) is 0.615. The van der Waals surface area contributed by atoms with Gasteiger partial charge in [-0.25, -0.2) is 4.98 Å². The third-order valence-electron chi connectivity index (χ3n) is 3.58. The van der Waals surface area contributed by atoms with E-state index < -0.39 is 5.97 Å². The van der Waals surface area contributed by atoms with Crippen LogP contribution in [0.15, 0.2) is 11.6 Å². The Morgan fingerprint density at radius 1 is 1.55 bits per heavy atom. The number of rotatable bonds is 5. The molecule has 1 aliphatic rings. The van der Waals surface area contributed by atoms with Crippen LogP contribution < -0.4 is 5.32 Å². The highest BCUT2D eigenvalue weighted by Gasteiger charge is 2.26. The van der Waals surface area contributed by atoms with Crippen LogP contribution in [0.2, 0.25) is 0 Å². The molecule has 0 bridgehead atoms. The molecule has 0 aromatic carbocycles. The van der Waals surface area contributed by atoms with Gasteiger partial charge in [-0.2, -0.15) is 0 Å². The molecular formula is C13H19N3O3S. The van der Waals surface area contributed by atoms with Crippen molar-refractivity contribution < 1.29 is 14.7 Å². The van der Waals surface area contributed by atoms with Crippen molar-refractivity contribution in [1.82, 2.24) is 15.2 Å². The highest BCUT2D eigenvalue weighted by atomic mass is 32.1. The summed E-state index contributed by atoms with van der Waals surface area (Å²) in [5.41, 5.74) is 0. The van der Waals surface area contributed by atoms with Crippen LogP contribution in [0.5, 0.6) is 0 Å². The minimum Gasteiger partial charge on any atom is -0.481 e. The molecule has 1 unspecified atom stereocenters. The first kappa shape index (κ1) is 14.9. The maximum absolute atomic E-state index is 12.0. The van der Waals surface area contributed by atoms with E-state index in [1.807, 2.05) is 12.3 Å². The van der Waals surface area contributed by atoms with E-state index >= 15 is 0 Å². The topological polar surface area (TPSA) is 82.5 Å². The van der Waals surface area contributed by atoms with E-state index in [4.69, 9.17) is 5.11 Å². The largest absolute Gasteiger partial charge is 0.481 e. The van der Waals surface area contributed by atoms with Gasteiger partial charge in [-0.1, -0.05) is 0 Å². The summed E-state index contributed by atoms with van der Waals surface area (Å²) < 4.78 is 0. The summed E-state index contributed by atoms with van der Waals surface area (Å²) in [4.78, 5) is 28.8. The van der Waals surface area contributed by atoms with Gasteiger partial charge in [-0.05, 0) is 19.8 Å². The molecule has 1 fully saturated rings. The molecule has 0 aliphatic carbocycles. The number of nitrogens with one attached hydrogen (secondary N) is 1. The van der Waals surface area contributed by atoms with E-state index in [1.165, 1.54) is 0 Å². The van der Waals surface area contributed by atoms with Gasteiger partial charge in [0.2, 0.25) is 5.91 Å². The molecule has 2 heterocycles. The summed E-state index contributed by atoms with van der Waals surface area (Å²) in [6.45, 7) is 3.30. The van der Waals surface area contributed by atoms with Crippen molar-refractivity contribution in [2.75, 3.05) is 19.6 Å². The SMILES string of the molecule is CC(NCC(=O)N1CCC(C(=O)O)CC1)c1nccs1. The van der Waals surface area contributed by atoms with Crippen molar-refractivity contribution in [1.29, 1.82) is 0 Å². The van der Waals surface area contributed by atoms with Gasteiger partial charge < -0.3 is 10.0 Å². The molecule has 0 radical (unpaired) electrons. The lowest BCUT2D eigenvalue weighted by Gasteiger charge is -2.30. The van der Waals surface area contributed by atoms with Gasteiger partial charge in [-0.15, -0.1) is 11.3 Å². The van der Waals surface area contributed by atoms with E-state index in [2.05, 4.69) is 10.3 Å². The van der Waals surface area contributed by atoms with E-state index in [9.17, 15) is 9.59 Å². The molecule has 1 atom stereocenters. The summed E-state index contributed by atoms with van der Waals surface area (Å²) in [7, 11) is 0.